The van der Waals surface area contributed by atoms with Crippen LogP contribution in [0, 0.1) is 0 Å². The van der Waals surface area contributed by atoms with Gasteiger partial charge in [0.25, 0.3) is 0 Å². The van der Waals surface area contributed by atoms with Gasteiger partial charge in [0.2, 0.25) is 0 Å². The van der Waals surface area contributed by atoms with E-state index in [4.69, 9.17) is 28.4 Å². The molecule has 1 saturated carbocycles. The minimum absolute atomic E-state index is 0.0330. The van der Waals surface area contributed by atoms with Crippen molar-refractivity contribution in [3.8, 4) is 0 Å². The molecule has 3 heterocycles. The summed E-state index contributed by atoms with van der Waals surface area (Å²) in [5.41, 5.74) is -4.45. The van der Waals surface area contributed by atoms with Crippen LogP contribution in [0.1, 0.15) is 65.7 Å². The summed E-state index contributed by atoms with van der Waals surface area (Å²) >= 11 is 0. The van der Waals surface area contributed by atoms with Crippen molar-refractivity contribution < 1.29 is 57.5 Å². The predicted octanol–water partition coefficient (Wildman–Crippen LogP) is 3.62. The Balaban J connectivity index is 1.71. The first kappa shape index (κ1) is 36.5. The number of amides is 3. The third kappa shape index (κ3) is 7.23. The van der Waals surface area contributed by atoms with Crippen LogP contribution in [-0.4, -0.2) is 116 Å². The molecule has 16 heteroatoms. The van der Waals surface area contributed by atoms with Gasteiger partial charge >= 0.3 is 30.2 Å². The molecule has 1 spiro atoms. The van der Waals surface area contributed by atoms with Crippen molar-refractivity contribution in [1.29, 1.82) is 0 Å². The number of fused-ring (bicyclic) bond motifs is 1. The number of alkyl carbamates (subject to hydrolysis) is 1. The molecular weight excluding hydrogens is 634 g/mol. The van der Waals surface area contributed by atoms with E-state index in [1.807, 2.05) is 0 Å². The van der Waals surface area contributed by atoms with Crippen molar-refractivity contribution in [3.63, 3.8) is 0 Å². The first-order valence-corrected chi connectivity index (χ1v) is 19.8. The molecule has 0 unspecified atom stereocenters. The highest BCUT2D eigenvalue weighted by Crippen LogP contribution is 2.50. The van der Waals surface area contributed by atoms with Crippen LogP contribution in [0.4, 0.5) is 14.4 Å². The third-order valence-corrected chi connectivity index (χ3v) is 10.8. The number of ether oxygens (including phenoxy) is 6. The Bertz CT molecular complexity index is 1290. The number of carbonyl (C=O) groups excluding carboxylic acids is 5. The highest BCUT2D eigenvalue weighted by Gasteiger charge is 2.68. The zero-order chi connectivity index (χ0) is 34.9. The molecule has 2 N–H and O–H groups in total. The number of aliphatic hydroxyl groups is 1. The first-order valence-electron chi connectivity index (χ1n) is 16.1. The van der Waals surface area contributed by atoms with E-state index in [1.54, 1.807) is 20.8 Å². The van der Waals surface area contributed by atoms with Crippen molar-refractivity contribution >= 4 is 38.3 Å². The molecule has 4 rings (SSSR count). The predicted molar refractivity (Wildman–Crippen MR) is 167 cm³/mol. The van der Waals surface area contributed by atoms with Crippen molar-refractivity contribution in [2.45, 2.75) is 126 Å². The standard InChI is InChI=1S/C31H49N3O12Si/c1-29(2,3)46-28(40)33-20(18-44-30(33)13-10-9-11-14-30)23(35)31(25(37)42-5)15-12-19-22(45-27(39)34(19)31)21(24(36)41-4)32-26(38)43-16-17-47(6,7)8/h19-20,23,35H,9-18H2,1-8H3,(H,32,38)/b22-21-/t19-,20+,23+,31-/m1/s1. The van der Waals surface area contributed by atoms with Gasteiger partial charge in [0, 0.05) is 8.07 Å². The molecule has 264 valence electrons. The summed E-state index contributed by atoms with van der Waals surface area (Å²) < 4.78 is 32.9. The van der Waals surface area contributed by atoms with Crippen molar-refractivity contribution in [2.75, 3.05) is 27.4 Å². The van der Waals surface area contributed by atoms with Crippen molar-refractivity contribution in [3.05, 3.63) is 11.5 Å². The summed E-state index contributed by atoms with van der Waals surface area (Å²) in [6.07, 6.45) is -1.01. The molecule has 1 aliphatic carbocycles. The summed E-state index contributed by atoms with van der Waals surface area (Å²) in [5, 5.41) is 14.6. The largest absolute Gasteiger partial charge is 0.467 e. The lowest BCUT2D eigenvalue weighted by atomic mass is 9.83. The third-order valence-electron chi connectivity index (χ3n) is 9.10. The highest BCUT2D eigenvalue weighted by atomic mass is 28.3. The van der Waals surface area contributed by atoms with Crippen LogP contribution >= 0.6 is 0 Å². The van der Waals surface area contributed by atoms with Gasteiger partial charge in [-0.25, -0.2) is 24.0 Å². The van der Waals surface area contributed by atoms with Gasteiger partial charge in [-0.2, -0.15) is 0 Å². The maximum absolute atomic E-state index is 13.8. The van der Waals surface area contributed by atoms with E-state index in [9.17, 15) is 29.1 Å². The smallest absolute Gasteiger partial charge is 0.416 e. The zero-order valence-electron chi connectivity index (χ0n) is 28.6. The number of cyclic esters (lactones) is 1. The Morgan fingerprint density at radius 3 is 2.30 bits per heavy atom. The molecular formula is C31H49N3O12Si. The molecule has 3 amide bonds. The first-order chi connectivity index (χ1) is 21.9. The lowest BCUT2D eigenvalue weighted by Crippen LogP contribution is -2.68. The van der Waals surface area contributed by atoms with Crippen LogP contribution in [0.15, 0.2) is 11.5 Å². The lowest BCUT2D eigenvalue weighted by molar-refractivity contribution is -0.163. The fourth-order valence-corrected chi connectivity index (χ4v) is 7.60. The number of rotatable bonds is 8. The minimum atomic E-state index is -2.05. The summed E-state index contributed by atoms with van der Waals surface area (Å²) in [5.74, 6) is -2.22. The SMILES string of the molecule is COC(=O)/C(NC(=O)OCC[Si](C)(C)C)=C1/OC(=O)N2[C@@H]1CC[C@]2(C(=O)OC)[C@@H](O)[C@@H]1COC2(CCCCC2)N1C(=O)OC(C)(C)C. The van der Waals surface area contributed by atoms with Gasteiger partial charge in [0.15, 0.2) is 17.0 Å². The maximum atomic E-state index is 13.8. The summed E-state index contributed by atoms with van der Waals surface area (Å²) in [4.78, 5) is 69.1. The maximum Gasteiger partial charge on any atom is 0.416 e. The average Bonchev–Trinajstić information content (AvgIpc) is 3.66. The van der Waals surface area contributed by atoms with Gasteiger partial charge in [0.05, 0.1) is 39.5 Å². The second-order valence-electron chi connectivity index (χ2n) is 14.7. The molecule has 4 atom stereocenters. The number of nitrogens with zero attached hydrogens (tertiary/aromatic N) is 2. The fraction of sp³-hybridized carbons (Fsp3) is 0.774. The topological polar surface area (TPSA) is 179 Å². The van der Waals surface area contributed by atoms with Crippen LogP contribution < -0.4 is 5.32 Å². The van der Waals surface area contributed by atoms with Gasteiger partial charge in [0.1, 0.15) is 17.4 Å². The molecule has 47 heavy (non-hydrogen) atoms. The number of esters is 2. The zero-order valence-corrected chi connectivity index (χ0v) is 29.6. The van der Waals surface area contributed by atoms with E-state index >= 15 is 0 Å². The molecule has 4 aliphatic rings. The van der Waals surface area contributed by atoms with Crippen LogP contribution in [0.3, 0.4) is 0 Å². The van der Waals surface area contributed by atoms with E-state index in [0.717, 1.165) is 38.4 Å². The summed E-state index contributed by atoms with van der Waals surface area (Å²) in [6.45, 7) is 11.5. The minimum Gasteiger partial charge on any atom is -0.467 e. The van der Waals surface area contributed by atoms with E-state index in [1.165, 1.54) is 4.90 Å². The molecule has 3 aliphatic heterocycles. The van der Waals surface area contributed by atoms with Crippen LogP contribution in [0.2, 0.25) is 25.7 Å². The fourth-order valence-electron chi connectivity index (χ4n) is 6.88. The molecule has 0 aromatic rings. The van der Waals surface area contributed by atoms with Gasteiger partial charge in [-0.05, 0) is 65.3 Å². The molecule has 0 bridgehead atoms. The van der Waals surface area contributed by atoms with Crippen LogP contribution in [-0.2, 0) is 38.0 Å². The van der Waals surface area contributed by atoms with Gasteiger partial charge in [-0.1, -0.05) is 26.1 Å². The Hall–Kier alpha value is -3.37. The monoisotopic (exact) mass is 683 g/mol. The Labute approximate surface area is 276 Å². The van der Waals surface area contributed by atoms with E-state index < -0.39 is 79.0 Å². The second kappa shape index (κ2) is 13.6. The summed E-state index contributed by atoms with van der Waals surface area (Å²) in [7, 11) is 0.692. The number of hydrogen-bond donors (Lipinski definition) is 2. The number of hydrogen-bond acceptors (Lipinski definition) is 12. The lowest BCUT2D eigenvalue weighted by Gasteiger charge is -2.45. The number of carbonyl (C=O) groups is 5. The van der Waals surface area contributed by atoms with Crippen LogP contribution in [0.25, 0.3) is 0 Å². The van der Waals surface area contributed by atoms with E-state index in [0.29, 0.717) is 18.9 Å². The molecule has 0 aromatic carbocycles. The normalized spacial score (nSPS) is 27.1. The highest BCUT2D eigenvalue weighted by molar-refractivity contribution is 6.76. The molecule has 0 aromatic heterocycles. The van der Waals surface area contributed by atoms with E-state index in [-0.39, 0.29) is 31.8 Å². The Morgan fingerprint density at radius 2 is 1.72 bits per heavy atom. The van der Waals surface area contributed by atoms with Gasteiger partial charge in [-0.15, -0.1) is 0 Å². The van der Waals surface area contributed by atoms with Crippen molar-refractivity contribution in [2.24, 2.45) is 0 Å². The molecule has 4 fully saturated rings. The van der Waals surface area contributed by atoms with Crippen LogP contribution in [0.5, 0.6) is 0 Å². The second-order valence-corrected chi connectivity index (χ2v) is 20.3. The van der Waals surface area contributed by atoms with E-state index in [2.05, 4.69) is 25.0 Å². The van der Waals surface area contributed by atoms with Crippen molar-refractivity contribution in [1.82, 2.24) is 15.1 Å². The average molecular weight is 684 g/mol. The Kier molecular flexibility index (Phi) is 10.6. The quantitative estimate of drug-likeness (QED) is 0.165. The molecule has 15 nitrogen and oxygen atoms in total. The molecule has 0 radical (unpaired) electrons. The Morgan fingerprint density at radius 1 is 1.06 bits per heavy atom. The number of aliphatic hydroxyl groups excluding tert-OH is 1. The number of methoxy groups -OCH3 is 2. The van der Waals surface area contributed by atoms with Gasteiger partial charge in [-0.3, -0.25) is 15.1 Å². The summed E-state index contributed by atoms with van der Waals surface area (Å²) in [6, 6.07) is -1.50. The number of nitrogens with one attached hydrogen (secondary N) is 1. The van der Waals surface area contributed by atoms with Gasteiger partial charge < -0.3 is 33.5 Å². The molecule has 3 saturated heterocycles.